The van der Waals surface area contributed by atoms with Gasteiger partial charge in [-0.05, 0) is 67.9 Å². The number of hydrogen-bond donors (Lipinski definition) is 2. The van der Waals surface area contributed by atoms with E-state index in [1.165, 1.54) is 6.92 Å². The number of hydrogen-bond acceptors (Lipinski definition) is 4. The second-order valence-corrected chi connectivity index (χ2v) is 8.12. The summed E-state index contributed by atoms with van der Waals surface area (Å²) in [5.41, 5.74) is 3.45. The number of benzene rings is 3. The number of nitrogens with zero attached hydrogens (tertiary/aromatic N) is 1. The number of amides is 3. The Bertz CT molecular complexity index is 1270. The van der Waals surface area contributed by atoms with Crippen molar-refractivity contribution in [2.75, 3.05) is 22.1 Å². The number of carbonyl (C=O) groups excluding carboxylic acids is 4. The van der Waals surface area contributed by atoms with Gasteiger partial charge in [-0.3, -0.25) is 19.2 Å². The zero-order valence-corrected chi connectivity index (χ0v) is 19.0. The number of likely N-dealkylation sites (N-methyl/N-ethyl adjacent to an activating group) is 1. The highest BCUT2D eigenvalue weighted by Gasteiger charge is 2.38. The molecule has 7 heteroatoms. The largest absolute Gasteiger partial charge is 0.326 e. The molecule has 0 spiro atoms. The van der Waals surface area contributed by atoms with Crippen molar-refractivity contribution in [3.8, 4) is 0 Å². The predicted molar refractivity (Wildman–Crippen MR) is 131 cm³/mol. The van der Waals surface area contributed by atoms with Gasteiger partial charge in [-0.1, -0.05) is 24.3 Å². The Kier molecular flexibility index (Phi) is 6.54. The number of ketones is 1. The molecule has 172 valence electrons. The second kappa shape index (κ2) is 9.70. The topological polar surface area (TPSA) is 95.6 Å². The van der Waals surface area contributed by atoms with Crippen molar-refractivity contribution in [2.24, 2.45) is 0 Å². The molecule has 4 rings (SSSR count). The standard InChI is InChI=1S/C27H25N3O4/c1-3-30-24-13-12-18(17(2)31)15-22(24)23(27(30)34)16-25(32)28-21-11-7-8-19(14-21)26(33)29-20-9-5-4-6-10-20/h4-15,23H,3,16H2,1-2H3,(H,28,32)(H,29,33). The molecule has 0 radical (unpaired) electrons. The van der Waals surface area contributed by atoms with Gasteiger partial charge in [0.25, 0.3) is 5.91 Å². The van der Waals surface area contributed by atoms with Gasteiger partial charge in [-0.2, -0.15) is 0 Å². The Morgan fingerprint density at radius 3 is 2.29 bits per heavy atom. The van der Waals surface area contributed by atoms with Gasteiger partial charge in [0.2, 0.25) is 11.8 Å². The molecule has 0 aromatic heterocycles. The second-order valence-electron chi connectivity index (χ2n) is 8.12. The fraction of sp³-hybridized carbons (Fsp3) is 0.185. The molecule has 7 nitrogen and oxygen atoms in total. The minimum absolute atomic E-state index is 0.0653. The molecular formula is C27H25N3O4. The van der Waals surface area contributed by atoms with Gasteiger partial charge < -0.3 is 15.5 Å². The summed E-state index contributed by atoms with van der Waals surface area (Å²) in [5, 5.41) is 5.60. The molecule has 0 saturated heterocycles. The van der Waals surface area contributed by atoms with Crippen LogP contribution in [0.25, 0.3) is 0 Å². The normalized spacial score (nSPS) is 14.5. The SMILES string of the molecule is CCN1C(=O)C(CC(=O)Nc2cccc(C(=O)Nc3ccccc3)c2)c2cc(C(C)=O)ccc21. The molecule has 1 aliphatic heterocycles. The number of anilines is 3. The summed E-state index contributed by atoms with van der Waals surface area (Å²) >= 11 is 0. The lowest BCUT2D eigenvalue weighted by molar-refractivity contribution is -0.123. The molecule has 0 bridgehead atoms. The Balaban J connectivity index is 1.48. The smallest absolute Gasteiger partial charge is 0.255 e. The highest BCUT2D eigenvalue weighted by molar-refractivity contribution is 6.09. The first-order valence-electron chi connectivity index (χ1n) is 11.1. The Morgan fingerprint density at radius 2 is 1.59 bits per heavy atom. The van der Waals surface area contributed by atoms with Crippen LogP contribution >= 0.6 is 0 Å². The molecule has 1 unspecified atom stereocenters. The van der Waals surface area contributed by atoms with Crippen molar-refractivity contribution in [2.45, 2.75) is 26.2 Å². The maximum Gasteiger partial charge on any atom is 0.255 e. The third kappa shape index (κ3) is 4.73. The highest BCUT2D eigenvalue weighted by Crippen LogP contribution is 2.40. The summed E-state index contributed by atoms with van der Waals surface area (Å²) in [5.74, 6) is -1.57. The van der Waals surface area contributed by atoms with Crippen LogP contribution in [0.3, 0.4) is 0 Å². The van der Waals surface area contributed by atoms with Gasteiger partial charge in [0, 0.05) is 41.2 Å². The first-order chi connectivity index (χ1) is 16.4. The zero-order valence-electron chi connectivity index (χ0n) is 19.0. The monoisotopic (exact) mass is 455 g/mol. The first-order valence-corrected chi connectivity index (χ1v) is 11.1. The lowest BCUT2D eigenvalue weighted by Gasteiger charge is -2.15. The molecule has 3 aromatic rings. The van der Waals surface area contributed by atoms with E-state index < -0.39 is 5.92 Å². The minimum atomic E-state index is -0.668. The van der Waals surface area contributed by atoms with E-state index in [1.54, 1.807) is 59.5 Å². The van der Waals surface area contributed by atoms with E-state index in [4.69, 9.17) is 0 Å². The van der Waals surface area contributed by atoms with E-state index in [0.29, 0.717) is 34.6 Å². The number of para-hydroxylation sites is 1. The lowest BCUT2D eigenvalue weighted by atomic mass is 9.94. The quantitative estimate of drug-likeness (QED) is 0.508. The summed E-state index contributed by atoms with van der Waals surface area (Å²) < 4.78 is 0. The Labute approximate surface area is 197 Å². The number of rotatable bonds is 7. The number of nitrogens with one attached hydrogen (secondary N) is 2. The maximum atomic E-state index is 13.0. The number of Topliss-reactive ketones (excluding diaryl/α,β-unsaturated/α-hetero) is 1. The molecule has 0 aliphatic carbocycles. The van der Waals surface area contributed by atoms with Crippen molar-refractivity contribution >= 4 is 40.6 Å². The molecule has 1 aliphatic rings. The van der Waals surface area contributed by atoms with Crippen LogP contribution in [0.2, 0.25) is 0 Å². The zero-order chi connectivity index (χ0) is 24.2. The van der Waals surface area contributed by atoms with E-state index in [-0.39, 0.29) is 29.9 Å². The van der Waals surface area contributed by atoms with Crippen LogP contribution in [0.15, 0.2) is 72.8 Å². The maximum absolute atomic E-state index is 13.0. The van der Waals surface area contributed by atoms with E-state index in [0.717, 1.165) is 5.69 Å². The van der Waals surface area contributed by atoms with Crippen molar-refractivity contribution in [1.82, 2.24) is 0 Å². The van der Waals surface area contributed by atoms with Crippen LogP contribution in [0.4, 0.5) is 17.1 Å². The molecule has 1 atom stereocenters. The predicted octanol–water partition coefficient (Wildman–Crippen LogP) is 4.62. The highest BCUT2D eigenvalue weighted by atomic mass is 16.2. The summed E-state index contributed by atoms with van der Waals surface area (Å²) in [4.78, 5) is 51.9. The summed E-state index contributed by atoms with van der Waals surface area (Å²) in [7, 11) is 0. The van der Waals surface area contributed by atoms with Crippen molar-refractivity contribution in [3.05, 3.63) is 89.5 Å². The van der Waals surface area contributed by atoms with Crippen LogP contribution in [-0.2, 0) is 9.59 Å². The molecule has 1 heterocycles. The average Bonchev–Trinajstić information content (AvgIpc) is 3.09. The molecule has 2 N–H and O–H groups in total. The molecule has 3 amide bonds. The molecule has 0 saturated carbocycles. The van der Waals surface area contributed by atoms with E-state index in [9.17, 15) is 19.2 Å². The van der Waals surface area contributed by atoms with Crippen molar-refractivity contribution in [1.29, 1.82) is 0 Å². The van der Waals surface area contributed by atoms with Crippen LogP contribution in [0, 0.1) is 0 Å². The van der Waals surface area contributed by atoms with Crippen LogP contribution in [0.5, 0.6) is 0 Å². The number of carbonyl (C=O) groups is 4. The lowest BCUT2D eigenvalue weighted by Crippen LogP contribution is -2.30. The fourth-order valence-electron chi connectivity index (χ4n) is 4.12. The molecule has 3 aromatic carbocycles. The van der Waals surface area contributed by atoms with Crippen LogP contribution in [0.1, 0.15) is 52.5 Å². The molecular weight excluding hydrogens is 430 g/mol. The summed E-state index contributed by atoms with van der Waals surface area (Å²) in [6.07, 6.45) is -0.0653. The van der Waals surface area contributed by atoms with Crippen LogP contribution < -0.4 is 15.5 Å². The van der Waals surface area contributed by atoms with Crippen molar-refractivity contribution < 1.29 is 19.2 Å². The summed E-state index contributed by atoms with van der Waals surface area (Å²) in [6, 6.07) is 20.9. The van der Waals surface area contributed by atoms with Gasteiger partial charge >= 0.3 is 0 Å². The van der Waals surface area contributed by atoms with Gasteiger partial charge in [0.05, 0.1) is 5.92 Å². The third-order valence-corrected chi connectivity index (χ3v) is 5.81. The third-order valence-electron chi connectivity index (χ3n) is 5.81. The van der Waals surface area contributed by atoms with E-state index in [1.807, 2.05) is 25.1 Å². The van der Waals surface area contributed by atoms with Crippen molar-refractivity contribution in [3.63, 3.8) is 0 Å². The van der Waals surface area contributed by atoms with Crippen LogP contribution in [-0.4, -0.2) is 30.0 Å². The van der Waals surface area contributed by atoms with Gasteiger partial charge in [-0.15, -0.1) is 0 Å². The van der Waals surface area contributed by atoms with E-state index in [2.05, 4.69) is 10.6 Å². The average molecular weight is 456 g/mol. The van der Waals surface area contributed by atoms with Gasteiger partial charge in [0.1, 0.15) is 0 Å². The minimum Gasteiger partial charge on any atom is -0.326 e. The fourth-order valence-corrected chi connectivity index (χ4v) is 4.12. The van der Waals surface area contributed by atoms with Gasteiger partial charge in [-0.25, -0.2) is 0 Å². The Hall–Kier alpha value is -4.26. The van der Waals surface area contributed by atoms with E-state index >= 15 is 0 Å². The summed E-state index contributed by atoms with van der Waals surface area (Å²) in [6.45, 7) is 3.82. The van der Waals surface area contributed by atoms with Gasteiger partial charge in [0.15, 0.2) is 5.78 Å². The Morgan fingerprint density at radius 1 is 0.853 bits per heavy atom. The first kappa shape index (κ1) is 22.9. The molecule has 0 fully saturated rings. The molecule has 34 heavy (non-hydrogen) atoms. The number of fused-ring (bicyclic) bond motifs is 1.